The van der Waals surface area contributed by atoms with Gasteiger partial charge in [-0.3, -0.25) is 0 Å². The first-order valence-electron chi connectivity index (χ1n) is 5.49. The number of alkyl halides is 3. The molecule has 0 radical (unpaired) electrons. The maximum atomic E-state index is 12.5. The molecule has 1 N–H and O–H groups in total. The first-order chi connectivity index (χ1) is 9.34. The lowest BCUT2D eigenvalue weighted by Gasteiger charge is -2.08. The fourth-order valence-corrected chi connectivity index (χ4v) is 1.56. The molecule has 0 amide bonds. The number of aryl methyl sites for hydroxylation is 1. The monoisotopic (exact) mass is 307 g/mol. The van der Waals surface area contributed by atoms with Gasteiger partial charge in [-0.1, -0.05) is 16.8 Å². The van der Waals surface area contributed by atoms with Gasteiger partial charge in [-0.2, -0.15) is 18.2 Å². The lowest BCUT2D eigenvalue weighted by Crippen LogP contribution is -2.14. The number of halogens is 4. The highest BCUT2D eigenvalue weighted by atomic mass is 35.5. The van der Waals surface area contributed by atoms with E-state index in [0.29, 0.717) is 18.1 Å². The summed E-state index contributed by atoms with van der Waals surface area (Å²) in [5.41, 5.74) is 0. The molecule has 2 heterocycles. The summed E-state index contributed by atoms with van der Waals surface area (Å²) >= 11 is 5.52. The minimum atomic E-state index is -4.65. The molecule has 0 fully saturated rings. The van der Waals surface area contributed by atoms with Crippen molar-refractivity contribution in [1.82, 2.24) is 20.1 Å². The van der Waals surface area contributed by atoms with Gasteiger partial charge in [-0.25, -0.2) is 9.97 Å². The van der Waals surface area contributed by atoms with Gasteiger partial charge in [-0.05, 0) is 0 Å². The number of aromatic nitrogens is 4. The lowest BCUT2D eigenvalue weighted by molar-refractivity contribution is -0.144. The summed E-state index contributed by atoms with van der Waals surface area (Å²) < 4.78 is 42.2. The smallest absolute Gasteiger partial charge is 0.369 e. The number of hydrogen-bond acceptors (Lipinski definition) is 6. The second-order valence-electron chi connectivity index (χ2n) is 3.80. The zero-order chi connectivity index (χ0) is 14.8. The van der Waals surface area contributed by atoms with Crippen LogP contribution in [0.1, 0.15) is 17.5 Å². The summed E-state index contributed by atoms with van der Waals surface area (Å²) in [6.45, 7) is 1.92. The van der Waals surface area contributed by atoms with Crippen molar-refractivity contribution in [3.63, 3.8) is 0 Å². The quantitative estimate of drug-likeness (QED) is 0.875. The van der Waals surface area contributed by atoms with Crippen molar-refractivity contribution in [2.24, 2.45) is 0 Å². The maximum absolute atomic E-state index is 12.5. The van der Waals surface area contributed by atoms with Crippen molar-refractivity contribution in [2.45, 2.75) is 19.5 Å². The summed E-state index contributed by atoms with van der Waals surface area (Å²) in [7, 11) is 0. The van der Waals surface area contributed by atoms with Gasteiger partial charge in [0.1, 0.15) is 11.0 Å². The topological polar surface area (TPSA) is 76.7 Å². The maximum Gasteiger partial charge on any atom is 0.451 e. The summed E-state index contributed by atoms with van der Waals surface area (Å²) in [5, 5.41) is 6.07. The summed E-state index contributed by atoms with van der Waals surface area (Å²) in [4.78, 5) is 10.4. The van der Waals surface area contributed by atoms with E-state index >= 15 is 0 Å². The molecule has 0 unspecified atom stereocenters. The molecule has 2 rings (SSSR count). The van der Waals surface area contributed by atoms with E-state index in [1.807, 2.05) is 0 Å². The third-order valence-corrected chi connectivity index (χ3v) is 2.37. The molecule has 0 aliphatic carbocycles. The minimum absolute atomic E-state index is 0.0162. The van der Waals surface area contributed by atoms with Crippen molar-refractivity contribution < 1.29 is 17.7 Å². The van der Waals surface area contributed by atoms with Crippen LogP contribution in [-0.2, 0) is 12.6 Å². The van der Waals surface area contributed by atoms with Crippen LogP contribution in [-0.4, -0.2) is 26.7 Å². The van der Waals surface area contributed by atoms with Crippen LogP contribution < -0.4 is 5.32 Å². The van der Waals surface area contributed by atoms with Crippen molar-refractivity contribution in [3.05, 3.63) is 28.8 Å². The van der Waals surface area contributed by atoms with Crippen LogP contribution in [0.25, 0.3) is 0 Å². The van der Waals surface area contributed by atoms with Gasteiger partial charge in [-0.15, -0.1) is 0 Å². The van der Waals surface area contributed by atoms with Gasteiger partial charge in [0.2, 0.25) is 11.7 Å². The summed E-state index contributed by atoms with van der Waals surface area (Å²) in [6, 6.07) is 1.21. The molecule has 0 bridgehead atoms. The van der Waals surface area contributed by atoms with Crippen molar-refractivity contribution in [3.8, 4) is 0 Å². The number of rotatable bonds is 4. The van der Waals surface area contributed by atoms with E-state index in [9.17, 15) is 13.2 Å². The first-order valence-corrected chi connectivity index (χ1v) is 5.87. The van der Waals surface area contributed by atoms with E-state index in [1.165, 1.54) is 6.07 Å². The van der Waals surface area contributed by atoms with E-state index in [0.717, 1.165) is 0 Å². The first kappa shape index (κ1) is 14.5. The fourth-order valence-electron chi connectivity index (χ4n) is 1.38. The van der Waals surface area contributed by atoms with E-state index in [4.69, 9.17) is 16.1 Å². The highest BCUT2D eigenvalue weighted by Crippen LogP contribution is 2.28. The molecule has 10 heteroatoms. The standard InChI is InChI=1S/C10H9ClF3N5O/c1-5-16-7(19-20-5)2-3-15-8-4-6(11)17-9(18-8)10(12,13)14/h4H,2-3H2,1H3,(H,15,17,18). The Hall–Kier alpha value is -1.90. The van der Waals surface area contributed by atoms with E-state index in [1.54, 1.807) is 6.92 Å². The van der Waals surface area contributed by atoms with E-state index in [2.05, 4.69) is 25.4 Å². The molecule has 0 atom stereocenters. The van der Waals surface area contributed by atoms with Gasteiger partial charge in [0, 0.05) is 26.0 Å². The molecule has 0 spiro atoms. The average Bonchev–Trinajstić information content (AvgIpc) is 2.73. The van der Waals surface area contributed by atoms with Crippen LogP contribution in [0.4, 0.5) is 19.0 Å². The zero-order valence-corrected chi connectivity index (χ0v) is 11.0. The van der Waals surface area contributed by atoms with Gasteiger partial charge in [0.25, 0.3) is 0 Å². The molecule has 6 nitrogen and oxygen atoms in total. The van der Waals surface area contributed by atoms with Crippen molar-refractivity contribution in [1.29, 1.82) is 0 Å². The number of anilines is 1. The Labute approximate surface area is 116 Å². The van der Waals surface area contributed by atoms with Gasteiger partial charge >= 0.3 is 6.18 Å². The molecule has 0 saturated carbocycles. The Bertz CT molecular complexity index is 601. The largest absolute Gasteiger partial charge is 0.451 e. The average molecular weight is 308 g/mol. The van der Waals surface area contributed by atoms with Crippen LogP contribution in [0, 0.1) is 6.92 Å². The fraction of sp³-hybridized carbons (Fsp3) is 0.400. The minimum Gasteiger partial charge on any atom is -0.369 e. The number of nitrogens with zero attached hydrogens (tertiary/aromatic N) is 4. The summed E-state index contributed by atoms with van der Waals surface area (Å²) in [5.74, 6) is -0.434. The number of nitrogens with one attached hydrogen (secondary N) is 1. The molecule has 2 aromatic rings. The Morgan fingerprint density at radius 1 is 1.30 bits per heavy atom. The van der Waals surface area contributed by atoms with Crippen LogP contribution in [0.3, 0.4) is 0 Å². The SMILES string of the molecule is Cc1nc(CCNc2cc(Cl)nc(C(F)(F)F)n2)no1. The zero-order valence-electron chi connectivity index (χ0n) is 10.2. The predicted octanol–water partition coefficient (Wildman–Crippen LogP) is 2.49. The van der Waals surface area contributed by atoms with E-state index in [-0.39, 0.29) is 17.5 Å². The third-order valence-electron chi connectivity index (χ3n) is 2.17. The third kappa shape index (κ3) is 3.80. The molecule has 2 aromatic heterocycles. The van der Waals surface area contributed by atoms with Gasteiger partial charge in [0.15, 0.2) is 5.82 Å². The van der Waals surface area contributed by atoms with Crippen LogP contribution in [0.15, 0.2) is 10.6 Å². The molecule has 0 aliphatic heterocycles. The summed E-state index contributed by atoms with van der Waals surface area (Å²) in [6.07, 6.45) is -4.27. The predicted molar refractivity (Wildman–Crippen MR) is 63.3 cm³/mol. The Balaban J connectivity index is 2.00. The highest BCUT2D eigenvalue weighted by molar-refractivity contribution is 6.29. The molecular formula is C10H9ClF3N5O. The van der Waals surface area contributed by atoms with Gasteiger partial charge in [0.05, 0.1) is 0 Å². The van der Waals surface area contributed by atoms with Gasteiger partial charge < -0.3 is 9.84 Å². The normalized spacial score (nSPS) is 11.7. The molecule has 20 heavy (non-hydrogen) atoms. The molecular weight excluding hydrogens is 299 g/mol. The Morgan fingerprint density at radius 2 is 2.05 bits per heavy atom. The van der Waals surface area contributed by atoms with Crippen molar-refractivity contribution >= 4 is 17.4 Å². The van der Waals surface area contributed by atoms with E-state index < -0.39 is 12.0 Å². The Morgan fingerprint density at radius 3 is 2.65 bits per heavy atom. The molecule has 108 valence electrons. The Kier molecular flexibility index (Phi) is 4.07. The lowest BCUT2D eigenvalue weighted by atomic mass is 10.4. The van der Waals surface area contributed by atoms with Crippen LogP contribution in [0.2, 0.25) is 5.15 Å². The molecule has 0 aliphatic rings. The molecule has 0 saturated heterocycles. The van der Waals surface area contributed by atoms with Crippen LogP contribution in [0.5, 0.6) is 0 Å². The van der Waals surface area contributed by atoms with Crippen LogP contribution >= 0.6 is 11.6 Å². The second kappa shape index (κ2) is 5.61. The molecule has 0 aromatic carbocycles. The number of hydrogen-bond donors (Lipinski definition) is 1. The second-order valence-corrected chi connectivity index (χ2v) is 4.19. The highest BCUT2D eigenvalue weighted by Gasteiger charge is 2.35. The van der Waals surface area contributed by atoms with Crippen molar-refractivity contribution in [2.75, 3.05) is 11.9 Å².